The van der Waals surface area contributed by atoms with Crippen LogP contribution in [0.25, 0.3) is 0 Å². The molecule has 0 aromatic heterocycles. The Morgan fingerprint density at radius 3 is 1.86 bits per heavy atom. The van der Waals surface area contributed by atoms with Crippen molar-refractivity contribution in [1.82, 2.24) is 0 Å². The molecular formula is C31H41NO10. The Hall–Kier alpha value is -4.12. The quantitative estimate of drug-likeness (QED) is 0.159. The average molecular weight is 588 g/mol. The summed E-state index contributed by atoms with van der Waals surface area (Å²) in [5.74, 6) is -2.29. The number of esters is 1. The predicted octanol–water partition coefficient (Wildman–Crippen LogP) is 6.05. The summed E-state index contributed by atoms with van der Waals surface area (Å²) in [6.07, 6.45) is -2.35. The molecule has 2 rings (SSSR count). The number of hydrogen-bond acceptors (Lipinski definition) is 10. The van der Waals surface area contributed by atoms with Crippen LogP contribution in [0.5, 0.6) is 11.5 Å². The molecule has 0 spiro atoms. The number of benzene rings is 2. The van der Waals surface area contributed by atoms with Gasteiger partial charge in [-0.15, -0.1) is 0 Å². The van der Waals surface area contributed by atoms with Crippen LogP contribution in [-0.4, -0.2) is 52.2 Å². The molecule has 230 valence electrons. The van der Waals surface area contributed by atoms with Crippen molar-refractivity contribution in [3.63, 3.8) is 0 Å². The third-order valence-electron chi connectivity index (χ3n) is 6.73. The van der Waals surface area contributed by atoms with Crippen molar-refractivity contribution in [2.75, 3.05) is 0 Å². The van der Waals surface area contributed by atoms with Gasteiger partial charge in [-0.1, -0.05) is 38.1 Å². The minimum Gasteiger partial charge on any atom is -0.480 e. The van der Waals surface area contributed by atoms with Gasteiger partial charge in [0, 0.05) is 12.8 Å². The summed E-state index contributed by atoms with van der Waals surface area (Å²) in [4.78, 5) is 49.8. The lowest BCUT2D eigenvalue weighted by Crippen LogP contribution is -2.52. The normalized spacial score (nSPS) is 13.7. The number of hydrogen-bond donors (Lipinski definition) is 2. The van der Waals surface area contributed by atoms with E-state index in [1.165, 1.54) is 18.2 Å². The van der Waals surface area contributed by atoms with Crippen LogP contribution in [0.15, 0.2) is 48.5 Å². The van der Waals surface area contributed by atoms with E-state index < -0.39 is 47.1 Å². The molecule has 0 saturated carbocycles. The summed E-state index contributed by atoms with van der Waals surface area (Å²) in [5.41, 5.74) is 3.47. The van der Waals surface area contributed by atoms with Crippen molar-refractivity contribution in [1.29, 1.82) is 0 Å². The van der Waals surface area contributed by atoms with E-state index in [0.29, 0.717) is 24.0 Å². The van der Waals surface area contributed by atoms with E-state index in [-0.39, 0.29) is 24.3 Å². The van der Waals surface area contributed by atoms with Crippen LogP contribution in [0.4, 0.5) is 9.59 Å². The number of nitrogens with two attached hydrogens (primary N) is 1. The monoisotopic (exact) mass is 587 g/mol. The highest BCUT2D eigenvalue weighted by Gasteiger charge is 2.37. The molecule has 0 bridgehead atoms. The zero-order valence-corrected chi connectivity index (χ0v) is 25.2. The van der Waals surface area contributed by atoms with E-state index >= 15 is 0 Å². The molecule has 11 nitrogen and oxygen atoms in total. The second-order valence-electron chi connectivity index (χ2n) is 11.3. The second-order valence-corrected chi connectivity index (χ2v) is 11.3. The van der Waals surface area contributed by atoms with Gasteiger partial charge in [0.1, 0.15) is 22.8 Å². The van der Waals surface area contributed by atoms with E-state index in [1.54, 1.807) is 65.0 Å². The maximum Gasteiger partial charge on any atom is 0.514 e. The first-order valence-electron chi connectivity index (χ1n) is 13.7. The van der Waals surface area contributed by atoms with Gasteiger partial charge in [0.05, 0.1) is 5.56 Å². The highest BCUT2D eigenvalue weighted by atomic mass is 16.8. The Labute approximate surface area is 246 Å². The summed E-state index contributed by atoms with van der Waals surface area (Å²) in [6, 6.07) is 12.4. The molecule has 0 fully saturated rings. The van der Waals surface area contributed by atoms with Gasteiger partial charge >= 0.3 is 24.2 Å². The van der Waals surface area contributed by atoms with E-state index in [4.69, 9.17) is 29.4 Å². The highest BCUT2D eigenvalue weighted by Crippen LogP contribution is 2.32. The summed E-state index contributed by atoms with van der Waals surface area (Å²) in [7, 11) is 0. The third-order valence-corrected chi connectivity index (χ3v) is 6.73. The zero-order chi connectivity index (χ0) is 31.7. The molecule has 0 radical (unpaired) electrons. The molecule has 0 saturated heterocycles. The molecule has 11 heteroatoms. The van der Waals surface area contributed by atoms with Gasteiger partial charge in [0.15, 0.2) is 11.5 Å². The van der Waals surface area contributed by atoms with Gasteiger partial charge in [-0.05, 0) is 77.3 Å². The molecule has 2 aromatic rings. The van der Waals surface area contributed by atoms with Gasteiger partial charge < -0.3 is 34.5 Å². The van der Waals surface area contributed by atoms with Crippen LogP contribution in [0.3, 0.4) is 0 Å². The fourth-order valence-corrected chi connectivity index (χ4v) is 3.62. The van der Waals surface area contributed by atoms with E-state index in [2.05, 4.69) is 0 Å². The van der Waals surface area contributed by atoms with Crippen LogP contribution in [0, 0.1) is 0 Å². The number of aliphatic carboxylic acids is 1. The van der Waals surface area contributed by atoms with Crippen LogP contribution in [0.2, 0.25) is 0 Å². The van der Waals surface area contributed by atoms with Crippen molar-refractivity contribution in [2.24, 2.45) is 5.73 Å². The van der Waals surface area contributed by atoms with Crippen molar-refractivity contribution in [3.8, 4) is 11.5 Å². The molecule has 1 unspecified atom stereocenters. The van der Waals surface area contributed by atoms with Crippen LogP contribution < -0.4 is 15.2 Å². The lowest BCUT2D eigenvalue weighted by atomic mass is 9.86. The Balaban J connectivity index is 2.31. The fourth-order valence-electron chi connectivity index (χ4n) is 3.62. The van der Waals surface area contributed by atoms with Gasteiger partial charge in [-0.25, -0.2) is 14.4 Å². The van der Waals surface area contributed by atoms with Crippen molar-refractivity contribution >= 4 is 24.2 Å². The van der Waals surface area contributed by atoms with Crippen molar-refractivity contribution in [3.05, 3.63) is 59.7 Å². The molecule has 0 amide bonds. The SMILES string of the molecule is CCC(C)(C)OC(=O)Oc1ccc(CC(N)(C[C@H](C)OC(=O)c2ccccc2)C(=O)O)cc1OC(=O)OC(C)(C)CC. The Morgan fingerprint density at radius 2 is 1.36 bits per heavy atom. The average Bonchev–Trinajstić information content (AvgIpc) is 2.89. The minimum atomic E-state index is -1.87. The van der Waals surface area contributed by atoms with Gasteiger partial charge in [0.2, 0.25) is 0 Å². The number of ether oxygens (including phenoxy) is 5. The van der Waals surface area contributed by atoms with Crippen molar-refractivity contribution in [2.45, 2.75) is 97.0 Å². The number of carboxylic acids is 1. The summed E-state index contributed by atoms with van der Waals surface area (Å²) < 4.78 is 26.8. The molecule has 3 N–H and O–H groups in total. The van der Waals surface area contributed by atoms with Gasteiger partial charge in [0.25, 0.3) is 0 Å². The maximum absolute atomic E-state index is 12.6. The number of rotatable bonds is 13. The standard InChI is InChI=1S/C31H41NO10/c1-8-29(4,5)41-27(36)39-23-16-15-21(17-24(23)40-28(37)42-30(6,7)9-2)19-31(32,26(34)35)18-20(3)38-25(33)22-13-11-10-12-14-22/h10-17,20H,8-9,18-19,32H2,1-7H3,(H,34,35)/t20-,31?/m0/s1. The molecule has 0 aliphatic heterocycles. The second kappa shape index (κ2) is 14.2. The van der Waals surface area contributed by atoms with E-state index in [0.717, 1.165) is 0 Å². The largest absolute Gasteiger partial charge is 0.514 e. The minimum absolute atomic E-state index is 0.148. The zero-order valence-electron chi connectivity index (χ0n) is 25.2. The summed E-state index contributed by atoms with van der Waals surface area (Å²) >= 11 is 0. The fraction of sp³-hybridized carbons (Fsp3) is 0.484. The molecule has 0 heterocycles. The molecular weight excluding hydrogens is 546 g/mol. The third kappa shape index (κ3) is 10.4. The lowest BCUT2D eigenvalue weighted by Gasteiger charge is -2.28. The Kier molecular flexibility index (Phi) is 11.5. The first kappa shape index (κ1) is 34.1. The highest BCUT2D eigenvalue weighted by molar-refractivity contribution is 5.89. The van der Waals surface area contributed by atoms with Crippen molar-refractivity contribution < 1.29 is 48.0 Å². The topological polar surface area (TPSA) is 161 Å². The summed E-state index contributed by atoms with van der Waals surface area (Å²) in [5, 5.41) is 10.0. The molecule has 0 aliphatic rings. The van der Waals surface area contributed by atoms with E-state index in [1.807, 2.05) is 13.8 Å². The number of carbonyl (C=O) groups excluding carboxylic acids is 3. The Bertz CT molecular complexity index is 1260. The maximum atomic E-state index is 12.6. The molecule has 0 aliphatic carbocycles. The smallest absolute Gasteiger partial charge is 0.480 e. The molecule has 42 heavy (non-hydrogen) atoms. The molecule has 2 atom stereocenters. The first-order chi connectivity index (χ1) is 19.5. The summed E-state index contributed by atoms with van der Waals surface area (Å²) in [6.45, 7) is 12.0. The van der Waals surface area contributed by atoms with Crippen LogP contribution in [0.1, 0.15) is 83.7 Å². The predicted molar refractivity (Wildman–Crippen MR) is 154 cm³/mol. The van der Waals surface area contributed by atoms with Crippen LogP contribution in [-0.2, 0) is 25.4 Å². The Morgan fingerprint density at radius 1 is 0.833 bits per heavy atom. The van der Waals surface area contributed by atoms with Gasteiger partial charge in [-0.2, -0.15) is 0 Å². The van der Waals surface area contributed by atoms with Gasteiger partial charge in [-0.3, -0.25) is 4.79 Å². The first-order valence-corrected chi connectivity index (χ1v) is 13.7. The van der Waals surface area contributed by atoms with E-state index in [9.17, 15) is 24.3 Å². The van der Waals surface area contributed by atoms with Crippen LogP contribution >= 0.6 is 0 Å². The number of carbonyl (C=O) groups is 4. The molecule has 2 aromatic carbocycles. The number of carboxylic acid groups (broad SMARTS) is 1. The lowest BCUT2D eigenvalue weighted by molar-refractivity contribution is -0.144.